The average molecular weight is 267 g/mol. The van der Waals surface area contributed by atoms with Crippen molar-refractivity contribution in [2.45, 2.75) is 56.1 Å². The van der Waals surface area contributed by atoms with E-state index >= 15 is 0 Å². The Morgan fingerprint density at radius 2 is 2.00 bits per heavy atom. The van der Waals surface area contributed by atoms with Gasteiger partial charge in [0.1, 0.15) is 0 Å². The predicted molar refractivity (Wildman–Crippen MR) is 77.2 cm³/mol. The van der Waals surface area contributed by atoms with Crippen molar-refractivity contribution < 1.29 is 4.74 Å². The van der Waals surface area contributed by atoms with Crippen LogP contribution in [0.25, 0.3) is 0 Å². The van der Waals surface area contributed by atoms with Gasteiger partial charge in [0, 0.05) is 43.9 Å². The fourth-order valence-electron chi connectivity index (χ4n) is 4.60. The molecule has 3 fully saturated rings. The average Bonchev–Trinajstić information content (AvgIpc) is 2.87. The lowest BCUT2D eigenvalue weighted by Gasteiger charge is -2.49. The molecule has 3 saturated heterocycles. The number of hydrogen-bond acceptors (Lipinski definition) is 4. The van der Waals surface area contributed by atoms with E-state index in [1.54, 1.807) is 0 Å². The van der Waals surface area contributed by atoms with Crippen LogP contribution in [0.2, 0.25) is 0 Å². The van der Waals surface area contributed by atoms with Crippen molar-refractivity contribution in [2.75, 3.05) is 39.9 Å². The lowest BCUT2D eigenvalue weighted by Crippen LogP contribution is -2.63. The van der Waals surface area contributed by atoms with Crippen LogP contribution in [0.4, 0.5) is 0 Å². The highest BCUT2D eigenvalue weighted by atomic mass is 16.5. The second-order valence-electron chi connectivity index (χ2n) is 6.56. The molecule has 0 aromatic rings. The van der Waals surface area contributed by atoms with Gasteiger partial charge in [-0.1, -0.05) is 6.42 Å². The quantitative estimate of drug-likeness (QED) is 0.830. The van der Waals surface area contributed by atoms with Gasteiger partial charge in [0.2, 0.25) is 0 Å². The minimum Gasteiger partial charge on any atom is -0.381 e. The van der Waals surface area contributed by atoms with Crippen LogP contribution < -0.4 is 5.73 Å². The molecule has 19 heavy (non-hydrogen) atoms. The molecule has 3 heterocycles. The van der Waals surface area contributed by atoms with Gasteiger partial charge in [-0.05, 0) is 45.7 Å². The molecule has 0 aromatic heterocycles. The van der Waals surface area contributed by atoms with Crippen LogP contribution in [-0.2, 0) is 4.74 Å². The second-order valence-corrected chi connectivity index (χ2v) is 6.56. The van der Waals surface area contributed by atoms with Gasteiger partial charge >= 0.3 is 0 Å². The van der Waals surface area contributed by atoms with E-state index in [1.165, 1.54) is 51.6 Å². The Balaban J connectivity index is 1.77. The fourth-order valence-corrected chi connectivity index (χ4v) is 4.60. The second kappa shape index (κ2) is 5.68. The number of piperidine rings is 1. The summed E-state index contributed by atoms with van der Waals surface area (Å²) in [6, 6.07) is 1.36. The molecule has 0 amide bonds. The molecule has 0 bridgehead atoms. The van der Waals surface area contributed by atoms with Gasteiger partial charge in [0.05, 0.1) is 0 Å². The summed E-state index contributed by atoms with van der Waals surface area (Å²) in [4.78, 5) is 5.34. The van der Waals surface area contributed by atoms with E-state index in [9.17, 15) is 0 Å². The number of likely N-dealkylation sites (N-methyl/N-ethyl adjacent to an activating group) is 1. The van der Waals surface area contributed by atoms with E-state index in [4.69, 9.17) is 10.5 Å². The van der Waals surface area contributed by atoms with Crippen LogP contribution in [0.3, 0.4) is 0 Å². The van der Waals surface area contributed by atoms with Gasteiger partial charge in [0.25, 0.3) is 0 Å². The molecule has 110 valence electrons. The predicted octanol–water partition coefficient (Wildman–Crippen LogP) is 1.05. The largest absolute Gasteiger partial charge is 0.381 e. The van der Waals surface area contributed by atoms with Gasteiger partial charge in [-0.3, -0.25) is 9.80 Å². The smallest absolute Gasteiger partial charge is 0.0498 e. The molecule has 2 unspecified atom stereocenters. The summed E-state index contributed by atoms with van der Waals surface area (Å²) < 4.78 is 5.52. The first-order valence-electron chi connectivity index (χ1n) is 8.03. The van der Waals surface area contributed by atoms with Crippen LogP contribution in [0.1, 0.15) is 38.5 Å². The zero-order valence-corrected chi connectivity index (χ0v) is 12.3. The summed E-state index contributed by atoms with van der Waals surface area (Å²) >= 11 is 0. The third kappa shape index (κ3) is 2.33. The summed E-state index contributed by atoms with van der Waals surface area (Å²) in [5.41, 5.74) is 6.51. The van der Waals surface area contributed by atoms with Crippen LogP contribution in [0, 0.1) is 0 Å². The van der Waals surface area contributed by atoms with Gasteiger partial charge in [-0.25, -0.2) is 0 Å². The summed E-state index contributed by atoms with van der Waals surface area (Å²) in [7, 11) is 2.32. The van der Waals surface area contributed by atoms with E-state index < -0.39 is 0 Å². The number of nitrogens with two attached hydrogens (primary N) is 1. The number of ether oxygens (including phenoxy) is 1. The number of fused-ring (bicyclic) bond motifs is 1. The highest BCUT2D eigenvalue weighted by Crippen LogP contribution is 2.40. The molecule has 3 aliphatic heterocycles. The van der Waals surface area contributed by atoms with Gasteiger partial charge in [0.15, 0.2) is 0 Å². The first-order chi connectivity index (χ1) is 9.28. The molecule has 0 aliphatic carbocycles. The van der Waals surface area contributed by atoms with Crippen molar-refractivity contribution in [2.24, 2.45) is 5.73 Å². The van der Waals surface area contributed by atoms with Gasteiger partial charge in [-0.2, -0.15) is 0 Å². The summed E-state index contributed by atoms with van der Waals surface area (Å²) in [6.45, 7) is 5.18. The molecular formula is C15H29N3O. The lowest BCUT2D eigenvalue weighted by molar-refractivity contribution is -0.0211. The van der Waals surface area contributed by atoms with Crippen molar-refractivity contribution in [3.05, 3.63) is 0 Å². The summed E-state index contributed by atoms with van der Waals surface area (Å²) in [5.74, 6) is 0. The van der Waals surface area contributed by atoms with Crippen LogP contribution in [0.5, 0.6) is 0 Å². The maximum absolute atomic E-state index is 6.28. The van der Waals surface area contributed by atoms with E-state index in [2.05, 4.69) is 16.8 Å². The van der Waals surface area contributed by atoms with Gasteiger partial charge < -0.3 is 10.5 Å². The lowest BCUT2D eigenvalue weighted by atomic mass is 9.82. The van der Waals surface area contributed by atoms with Crippen LogP contribution in [-0.4, -0.2) is 67.3 Å². The Labute approximate surface area is 117 Å². The first-order valence-corrected chi connectivity index (χ1v) is 8.03. The number of nitrogens with zero attached hydrogens (tertiary/aromatic N) is 2. The Morgan fingerprint density at radius 3 is 2.74 bits per heavy atom. The zero-order chi connectivity index (χ0) is 13.3. The molecular weight excluding hydrogens is 238 g/mol. The standard InChI is InChI=1S/C15H29N3O/c1-17(13-5-10-19-11-6-13)15(12-16)7-9-18-8-3-2-4-14(15)18/h13-14H,2-12,16H2,1H3. The maximum Gasteiger partial charge on any atom is 0.0498 e. The third-order valence-electron chi connectivity index (χ3n) is 5.86. The number of rotatable bonds is 3. The van der Waals surface area contributed by atoms with E-state index in [0.29, 0.717) is 12.1 Å². The van der Waals surface area contributed by atoms with Gasteiger partial charge in [-0.15, -0.1) is 0 Å². The normalized spacial score (nSPS) is 37.7. The number of hydrogen-bond donors (Lipinski definition) is 1. The molecule has 4 nitrogen and oxygen atoms in total. The minimum absolute atomic E-state index is 0.225. The van der Waals surface area contributed by atoms with Crippen LogP contribution >= 0.6 is 0 Å². The molecule has 4 heteroatoms. The molecule has 3 rings (SSSR count). The van der Waals surface area contributed by atoms with E-state index in [-0.39, 0.29) is 5.54 Å². The monoisotopic (exact) mass is 267 g/mol. The van der Waals surface area contributed by atoms with E-state index in [1.807, 2.05) is 0 Å². The molecule has 2 atom stereocenters. The van der Waals surface area contributed by atoms with Crippen molar-refractivity contribution in [3.8, 4) is 0 Å². The first kappa shape index (κ1) is 13.8. The Hall–Kier alpha value is -0.160. The summed E-state index contributed by atoms with van der Waals surface area (Å²) in [6.07, 6.45) is 7.69. The Morgan fingerprint density at radius 1 is 1.21 bits per heavy atom. The Kier molecular flexibility index (Phi) is 4.13. The summed E-state index contributed by atoms with van der Waals surface area (Å²) in [5, 5.41) is 0. The minimum atomic E-state index is 0.225. The molecule has 3 aliphatic rings. The maximum atomic E-state index is 6.28. The van der Waals surface area contributed by atoms with Crippen molar-refractivity contribution in [1.29, 1.82) is 0 Å². The van der Waals surface area contributed by atoms with E-state index in [0.717, 1.165) is 19.8 Å². The zero-order valence-electron chi connectivity index (χ0n) is 12.3. The van der Waals surface area contributed by atoms with Crippen molar-refractivity contribution >= 4 is 0 Å². The molecule has 0 saturated carbocycles. The molecule has 2 N–H and O–H groups in total. The Bertz CT molecular complexity index is 306. The highest BCUT2D eigenvalue weighted by molar-refractivity contribution is 5.09. The molecule has 0 spiro atoms. The third-order valence-corrected chi connectivity index (χ3v) is 5.86. The topological polar surface area (TPSA) is 41.7 Å². The highest BCUT2D eigenvalue weighted by Gasteiger charge is 2.50. The van der Waals surface area contributed by atoms with Crippen LogP contribution in [0.15, 0.2) is 0 Å². The van der Waals surface area contributed by atoms with Crippen molar-refractivity contribution in [3.63, 3.8) is 0 Å². The molecule has 0 radical (unpaired) electrons. The SMILES string of the molecule is CN(C1CCOCC1)C1(CN)CCN2CCCCC21. The van der Waals surface area contributed by atoms with Crippen molar-refractivity contribution in [1.82, 2.24) is 9.80 Å². The fraction of sp³-hybridized carbons (Fsp3) is 1.00. The molecule has 0 aromatic carbocycles.